The van der Waals surface area contributed by atoms with Gasteiger partial charge in [0.05, 0.1) is 21.0 Å². The number of nitrogens with zero attached hydrogens (tertiary/aromatic N) is 3. The number of aliphatic hydroxyl groups is 2. The molecule has 4 atom stereocenters. The van der Waals surface area contributed by atoms with Gasteiger partial charge in [0.25, 0.3) is 11.5 Å². The number of imidazole rings is 1. The predicted molar refractivity (Wildman–Crippen MR) is 108 cm³/mol. The molecule has 0 saturated carbocycles. The van der Waals surface area contributed by atoms with Crippen LogP contribution in [0, 0.1) is 5.82 Å². The van der Waals surface area contributed by atoms with E-state index in [1.54, 1.807) is 0 Å². The Kier molecular flexibility index (Phi) is 13.0. The first-order chi connectivity index (χ1) is 16.8. The molecular weight excluding hydrogens is 558 g/mol. The molecule has 1 fully saturated rings. The third kappa shape index (κ3) is 8.79. The molecule has 2 aromatic heterocycles. The molecule has 0 unspecified atom stereocenters. The number of nitrogens with one attached hydrogen (secondary N) is 1. The molecule has 16 nitrogen and oxygen atoms in total. The Morgan fingerprint density at radius 3 is 2.39 bits per heavy atom. The number of phosphoric ester groups is 1. The van der Waals surface area contributed by atoms with Gasteiger partial charge in [-0.3, -0.25) is 14.3 Å². The number of hydrogen-bond donors (Lipinski definition) is 5. The summed E-state index contributed by atoms with van der Waals surface area (Å²) in [5, 5.41) is 36.0. The summed E-state index contributed by atoms with van der Waals surface area (Å²) in [5.74, 6) is -0.652. The third-order valence-corrected chi connectivity index (χ3v) is 5.43. The number of carbonyl (C=O) groups is 1. The first-order valence-corrected chi connectivity index (χ1v) is 11.3. The van der Waals surface area contributed by atoms with Crippen LogP contribution in [-0.2, 0) is 20.4 Å². The van der Waals surface area contributed by atoms with Crippen LogP contribution >= 0.6 is 7.82 Å². The number of halogens is 1. The summed E-state index contributed by atoms with van der Waals surface area (Å²) in [7, 11) is -5.33. The number of benzene rings is 1. The second kappa shape index (κ2) is 14.3. The zero-order valence-corrected chi connectivity index (χ0v) is 24.9. The van der Waals surface area contributed by atoms with Crippen molar-refractivity contribution in [3.63, 3.8) is 0 Å². The quantitative estimate of drug-likeness (QED) is 0.104. The molecule has 4 rings (SSSR count). The number of nitrogen functional groups attached to an aromatic ring is 1. The number of fused-ring (bicyclic) bond motifs is 1. The molecule has 0 amide bonds. The van der Waals surface area contributed by atoms with Crippen LogP contribution in [0.2, 0.25) is 0 Å². The average molecular weight is 577 g/mol. The monoisotopic (exact) mass is 577 g/mol. The van der Waals surface area contributed by atoms with E-state index in [1.165, 1.54) is 39.7 Å². The Hall–Kier alpha value is -1.44. The van der Waals surface area contributed by atoms with E-state index >= 15 is 0 Å². The normalized spacial score (nSPS) is 20.7. The first-order valence-electron chi connectivity index (χ1n) is 9.89. The number of carboxylic acid groups (broad SMARTS) is 2. The molecule has 3 aromatic rings. The molecule has 1 saturated heterocycles. The largest absolute Gasteiger partial charge is 1.00 e. The molecule has 1 aromatic carbocycles. The Bertz CT molecular complexity index is 1350. The number of nitrogens with two attached hydrogens (primary N) is 1. The number of anilines is 1. The van der Waals surface area contributed by atoms with Crippen LogP contribution in [0.5, 0.6) is 0 Å². The summed E-state index contributed by atoms with van der Waals surface area (Å²) in [6, 6.07) is 5.55. The van der Waals surface area contributed by atoms with Crippen molar-refractivity contribution in [1.29, 1.82) is 0 Å². The van der Waals surface area contributed by atoms with Gasteiger partial charge in [0, 0.05) is 0 Å². The fourth-order valence-corrected chi connectivity index (χ4v) is 3.86. The van der Waals surface area contributed by atoms with Gasteiger partial charge in [0.2, 0.25) is 17.9 Å². The third-order valence-electron chi connectivity index (χ3n) is 4.96. The second-order valence-corrected chi connectivity index (χ2v) is 8.61. The molecule has 1 aliphatic rings. The van der Waals surface area contributed by atoms with E-state index in [1.807, 2.05) is 0 Å². The molecule has 0 spiro atoms. The summed E-state index contributed by atoms with van der Waals surface area (Å²) in [6.07, 6.45) is -6.56. The van der Waals surface area contributed by atoms with Gasteiger partial charge < -0.3 is 54.6 Å². The molecule has 38 heavy (non-hydrogen) atoms. The first kappa shape index (κ1) is 34.6. The van der Waals surface area contributed by atoms with Gasteiger partial charge in [-0.05, 0) is 17.7 Å². The van der Waals surface area contributed by atoms with Crippen LogP contribution in [0.25, 0.3) is 11.2 Å². The maximum absolute atomic E-state index is 13.2. The molecule has 1 aliphatic heterocycles. The topological polar surface area (TPSA) is 263 Å². The van der Waals surface area contributed by atoms with Crippen LogP contribution < -0.4 is 89.9 Å². The minimum absolute atomic E-state index is 0. The summed E-state index contributed by atoms with van der Waals surface area (Å²) in [4.78, 5) is 48.9. The van der Waals surface area contributed by atoms with Crippen molar-refractivity contribution in [2.24, 2.45) is 0 Å². The zero-order chi connectivity index (χ0) is 26.8. The minimum Gasteiger partial charge on any atom is -0.790 e. The second-order valence-electron chi connectivity index (χ2n) is 7.46. The Morgan fingerprint density at radius 1 is 1.26 bits per heavy atom. The fraction of sp³-hybridized carbons (Fsp3) is 0.333. The molecular formula is C18H19FN5Na2O11P. The van der Waals surface area contributed by atoms with E-state index in [2.05, 4.69) is 14.5 Å². The zero-order valence-electron chi connectivity index (χ0n) is 20.0. The van der Waals surface area contributed by atoms with Gasteiger partial charge in [0.1, 0.15) is 24.1 Å². The van der Waals surface area contributed by atoms with Gasteiger partial charge in [0.15, 0.2) is 6.33 Å². The number of aliphatic hydroxyl groups excluding tert-OH is 2. The molecule has 3 heterocycles. The number of aromatic amines is 1. The van der Waals surface area contributed by atoms with Gasteiger partial charge in [-0.25, -0.2) is 8.96 Å². The maximum atomic E-state index is 13.2. The van der Waals surface area contributed by atoms with Gasteiger partial charge in [-0.15, -0.1) is 0 Å². The molecule has 0 radical (unpaired) electrons. The van der Waals surface area contributed by atoms with Crippen molar-refractivity contribution in [2.75, 3.05) is 12.3 Å². The van der Waals surface area contributed by atoms with E-state index < -0.39 is 56.5 Å². The Labute approximate surface area is 256 Å². The van der Waals surface area contributed by atoms with Crippen molar-refractivity contribution in [2.45, 2.75) is 31.1 Å². The summed E-state index contributed by atoms with van der Waals surface area (Å²) < 4.78 is 36.3. The van der Waals surface area contributed by atoms with Gasteiger partial charge >= 0.3 is 64.8 Å². The molecule has 6 N–H and O–H groups in total. The summed E-state index contributed by atoms with van der Waals surface area (Å²) in [6.45, 7) is -0.699. The van der Waals surface area contributed by atoms with E-state index in [9.17, 15) is 33.7 Å². The van der Waals surface area contributed by atoms with E-state index in [-0.39, 0.29) is 82.8 Å². The number of phosphoric acid groups is 1. The standard InChI is InChI=1S/C17H19FN5O8P.CH2O3.2Na/c18-9-3-1-8(2-4-9)5-22-7-23(14-11(22)15(26)21-17(19)20-14)16-13(25)12(24)10(31-16)6-30-32(27,28)29;2-1(3)4;;/h1-4,7,10,12-13,16,24-25H,5-6H2,(H4-,19,20,21,26,27,28,29);(H2,2,3,4);;/q;;2*+1/p-2/t10-,12-,13-,16-;;;/m1.../s1. The van der Waals surface area contributed by atoms with Crippen LogP contribution in [0.1, 0.15) is 11.8 Å². The summed E-state index contributed by atoms with van der Waals surface area (Å²) in [5.41, 5.74) is 5.76. The van der Waals surface area contributed by atoms with Gasteiger partial charge in [-0.2, -0.15) is 0 Å². The summed E-state index contributed by atoms with van der Waals surface area (Å²) >= 11 is 0. The Balaban J connectivity index is 0.00000113. The smallest absolute Gasteiger partial charge is 0.790 e. The van der Waals surface area contributed by atoms with Crippen molar-refractivity contribution >= 4 is 31.1 Å². The number of rotatable bonds is 6. The minimum atomic E-state index is -5.33. The molecule has 0 aliphatic carbocycles. The predicted octanol–water partition coefficient (Wildman–Crippen LogP) is -9.86. The number of ether oxygens (including phenoxy) is 1. The van der Waals surface area contributed by atoms with Crippen molar-refractivity contribution in [1.82, 2.24) is 14.5 Å². The van der Waals surface area contributed by atoms with Crippen LogP contribution in [0.4, 0.5) is 15.1 Å². The molecule has 196 valence electrons. The van der Waals surface area contributed by atoms with Crippen molar-refractivity contribution in [3.8, 4) is 0 Å². The van der Waals surface area contributed by atoms with Crippen LogP contribution in [-0.4, -0.2) is 60.9 Å². The number of aromatic nitrogens is 4. The van der Waals surface area contributed by atoms with E-state index in [4.69, 9.17) is 25.5 Å². The van der Waals surface area contributed by atoms with E-state index in [0.29, 0.717) is 5.56 Å². The van der Waals surface area contributed by atoms with E-state index in [0.717, 1.165) is 0 Å². The molecule has 20 heteroatoms. The van der Waals surface area contributed by atoms with Crippen LogP contribution in [0.3, 0.4) is 0 Å². The van der Waals surface area contributed by atoms with Crippen molar-refractivity contribution < 1.29 is 117 Å². The van der Waals surface area contributed by atoms with Gasteiger partial charge in [-0.1, -0.05) is 17.1 Å². The fourth-order valence-electron chi connectivity index (χ4n) is 3.53. The van der Waals surface area contributed by atoms with Crippen molar-refractivity contribution in [3.05, 3.63) is 52.3 Å². The Morgan fingerprint density at radius 2 is 1.84 bits per heavy atom. The maximum Gasteiger partial charge on any atom is 1.00 e. The van der Waals surface area contributed by atoms with Crippen LogP contribution in [0.15, 0.2) is 35.4 Å². The number of H-pyrrole nitrogens is 1. The SMILES string of the molecule is Nc1nc2c(c(=O)[nH]1)n(Cc1ccc(F)cc1)c[n+]2[C@@H]1O[C@H](COP(=O)([O-])[O-])[C@@H](O)[C@H]1O.O=C([O-])O.[Na+].[Na+]. The average Bonchev–Trinajstić information content (AvgIpc) is 3.25. The molecule has 0 bridgehead atoms. The number of hydrogen-bond acceptors (Lipinski definition) is 12.